The van der Waals surface area contributed by atoms with Gasteiger partial charge in [-0.3, -0.25) is 4.39 Å². The average molecular weight is 629 g/mol. The quantitative estimate of drug-likeness (QED) is 0.0719. The summed E-state index contributed by atoms with van der Waals surface area (Å²) in [7, 11) is 0. The zero-order valence-electron chi connectivity index (χ0n) is 26.2. The van der Waals surface area contributed by atoms with Crippen LogP contribution >= 0.6 is 0 Å². The number of esters is 3. The summed E-state index contributed by atoms with van der Waals surface area (Å²) in [6, 6.07) is 25.1. The number of ether oxygens (including phenoxy) is 3. The minimum absolute atomic E-state index is 0.204. The Morgan fingerprint density at radius 3 is 1.70 bits per heavy atom. The normalized spacial score (nSPS) is 10.2. The Bertz CT molecular complexity index is 1890. The molecule has 0 amide bonds. The van der Waals surface area contributed by atoms with Crippen molar-refractivity contribution < 1.29 is 33.0 Å². The summed E-state index contributed by atoms with van der Waals surface area (Å²) >= 11 is 0. The Morgan fingerprint density at radius 2 is 1.21 bits per heavy atom. The molecule has 0 atom stereocenters. The monoisotopic (exact) mass is 628 g/mol. The smallest absolute Gasteiger partial charge is 0.338 e. The maximum absolute atomic E-state index is 13.4. The van der Waals surface area contributed by atoms with Crippen LogP contribution in [0.5, 0.6) is 17.2 Å². The molecule has 0 spiro atoms. The highest BCUT2D eigenvalue weighted by atomic mass is 19.1. The lowest BCUT2D eigenvalue weighted by atomic mass is 9.93. The molecular formula is C40H33FO6. The average Bonchev–Trinajstić information content (AvgIpc) is 3.07. The molecule has 0 fully saturated rings. The topological polar surface area (TPSA) is 78.9 Å². The molecule has 0 unspecified atom stereocenters. The number of carbonyl (C=O) groups is 3. The molecule has 0 aliphatic carbocycles. The molecule has 0 aromatic heterocycles. The van der Waals surface area contributed by atoms with E-state index < -0.39 is 24.6 Å². The molecule has 0 aliphatic heterocycles. The van der Waals surface area contributed by atoms with E-state index in [4.69, 9.17) is 14.2 Å². The minimum Gasteiger partial charge on any atom is -0.423 e. The van der Waals surface area contributed by atoms with Crippen LogP contribution in [0.2, 0.25) is 0 Å². The zero-order valence-corrected chi connectivity index (χ0v) is 26.2. The Hall–Kier alpha value is -6.00. The Morgan fingerprint density at radius 1 is 0.702 bits per heavy atom. The zero-order chi connectivity index (χ0) is 33.9. The lowest BCUT2D eigenvalue weighted by Crippen LogP contribution is -2.09. The third-order valence-electron chi connectivity index (χ3n) is 6.89. The van der Waals surface area contributed by atoms with Gasteiger partial charge in [0.15, 0.2) is 5.75 Å². The number of hydrogen-bond donors (Lipinski definition) is 0. The van der Waals surface area contributed by atoms with Crippen LogP contribution in [-0.4, -0.2) is 24.6 Å². The lowest BCUT2D eigenvalue weighted by molar-refractivity contribution is -0.130. The Balaban J connectivity index is 1.65. The van der Waals surface area contributed by atoms with Crippen molar-refractivity contribution in [2.45, 2.75) is 26.7 Å². The summed E-state index contributed by atoms with van der Waals surface area (Å²) in [5, 5.41) is 0. The van der Waals surface area contributed by atoms with Gasteiger partial charge in [0.2, 0.25) is 0 Å². The SMILES string of the molecule is C=CC(=O)Oc1c(C#Cc2ccc(-c3ccc(OC(=O)C(=C)C)cc3)cc2)ccc(-c2ccc(OC(=O)C(=C)C)cc2)c1CCCF. The predicted molar refractivity (Wildman–Crippen MR) is 181 cm³/mol. The Kier molecular flexibility index (Phi) is 11.4. The molecule has 236 valence electrons. The van der Waals surface area contributed by atoms with Gasteiger partial charge in [-0.05, 0) is 91.4 Å². The molecule has 4 aromatic carbocycles. The van der Waals surface area contributed by atoms with Crippen LogP contribution in [-0.2, 0) is 20.8 Å². The van der Waals surface area contributed by atoms with Crippen molar-refractivity contribution in [3.8, 4) is 51.3 Å². The van der Waals surface area contributed by atoms with Crippen LogP contribution in [0.4, 0.5) is 4.39 Å². The summed E-state index contributed by atoms with van der Waals surface area (Å²) in [5.41, 5.74) is 5.72. The van der Waals surface area contributed by atoms with Crippen LogP contribution in [0.15, 0.2) is 122 Å². The summed E-state index contributed by atoms with van der Waals surface area (Å²) < 4.78 is 29.7. The standard InChI is InChI=1S/C40H33FO6/c1-6-37(42)47-38-32(14-11-28-9-12-29(13-10-28)30-15-20-33(21-16-30)45-39(43)26(2)3)19-24-35(36(38)8-7-25-41)31-17-22-34(23-18-31)46-40(44)27(4)5/h6,9-10,12-13,15-24H,1-2,4,7-8,25H2,3,5H3. The fraction of sp³-hybridized carbons (Fsp3) is 0.125. The van der Waals surface area contributed by atoms with Gasteiger partial charge in [0.05, 0.1) is 12.2 Å². The van der Waals surface area contributed by atoms with E-state index in [-0.39, 0.29) is 24.2 Å². The van der Waals surface area contributed by atoms with Gasteiger partial charge in [-0.15, -0.1) is 0 Å². The van der Waals surface area contributed by atoms with Crippen molar-refractivity contribution in [1.29, 1.82) is 0 Å². The van der Waals surface area contributed by atoms with Crippen LogP contribution < -0.4 is 14.2 Å². The summed E-state index contributed by atoms with van der Waals surface area (Å²) in [4.78, 5) is 36.1. The van der Waals surface area contributed by atoms with E-state index >= 15 is 0 Å². The van der Waals surface area contributed by atoms with Crippen molar-refractivity contribution in [2.24, 2.45) is 0 Å². The molecule has 0 radical (unpaired) electrons. The number of alkyl halides is 1. The first kappa shape index (κ1) is 33.9. The molecule has 4 rings (SSSR count). The molecule has 7 heteroatoms. The number of carbonyl (C=O) groups excluding carboxylic acids is 3. The second kappa shape index (κ2) is 15.8. The second-order valence-corrected chi connectivity index (χ2v) is 10.6. The van der Waals surface area contributed by atoms with Crippen molar-refractivity contribution in [3.05, 3.63) is 139 Å². The van der Waals surface area contributed by atoms with Crippen LogP contribution in [0.3, 0.4) is 0 Å². The van der Waals surface area contributed by atoms with Crippen LogP contribution in [0.1, 0.15) is 37.0 Å². The first-order chi connectivity index (χ1) is 22.6. The van der Waals surface area contributed by atoms with E-state index in [1.165, 1.54) is 0 Å². The van der Waals surface area contributed by atoms with Crippen molar-refractivity contribution >= 4 is 17.9 Å². The van der Waals surface area contributed by atoms with E-state index in [1.54, 1.807) is 56.3 Å². The van der Waals surface area contributed by atoms with E-state index in [2.05, 4.69) is 31.6 Å². The number of rotatable bonds is 11. The highest BCUT2D eigenvalue weighted by Gasteiger charge is 2.18. The fourth-order valence-corrected chi connectivity index (χ4v) is 4.44. The van der Waals surface area contributed by atoms with E-state index in [0.717, 1.165) is 33.9 Å². The third kappa shape index (κ3) is 9.03. The van der Waals surface area contributed by atoms with E-state index in [9.17, 15) is 18.8 Å². The third-order valence-corrected chi connectivity index (χ3v) is 6.89. The van der Waals surface area contributed by atoms with E-state index in [1.807, 2.05) is 42.5 Å². The molecule has 0 N–H and O–H groups in total. The molecule has 6 nitrogen and oxygen atoms in total. The van der Waals surface area contributed by atoms with E-state index in [0.29, 0.717) is 28.2 Å². The number of halogens is 1. The molecule has 0 bridgehead atoms. The first-order valence-electron chi connectivity index (χ1n) is 14.7. The summed E-state index contributed by atoms with van der Waals surface area (Å²) in [6.07, 6.45) is 1.55. The summed E-state index contributed by atoms with van der Waals surface area (Å²) in [6.45, 7) is 13.3. The molecule has 47 heavy (non-hydrogen) atoms. The molecule has 0 heterocycles. The molecule has 4 aromatic rings. The van der Waals surface area contributed by atoms with Gasteiger partial charge >= 0.3 is 17.9 Å². The number of hydrogen-bond acceptors (Lipinski definition) is 6. The summed E-state index contributed by atoms with van der Waals surface area (Å²) in [5.74, 6) is 5.56. The van der Waals surface area contributed by atoms with Crippen molar-refractivity contribution in [3.63, 3.8) is 0 Å². The van der Waals surface area contributed by atoms with Crippen LogP contribution in [0, 0.1) is 11.8 Å². The largest absolute Gasteiger partial charge is 0.423 e. The Labute approximate surface area is 273 Å². The van der Waals surface area contributed by atoms with Crippen molar-refractivity contribution in [2.75, 3.05) is 6.67 Å². The predicted octanol–water partition coefficient (Wildman–Crippen LogP) is 8.38. The van der Waals surface area contributed by atoms with Crippen molar-refractivity contribution in [1.82, 2.24) is 0 Å². The van der Waals surface area contributed by atoms with Gasteiger partial charge in [0, 0.05) is 28.3 Å². The highest BCUT2D eigenvalue weighted by Crippen LogP contribution is 2.36. The lowest BCUT2D eigenvalue weighted by Gasteiger charge is -2.16. The van der Waals surface area contributed by atoms with Crippen LogP contribution in [0.25, 0.3) is 22.3 Å². The van der Waals surface area contributed by atoms with Gasteiger partial charge in [0.1, 0.15) is 11.5 Å². The van der Waals surface area contributed by atoms with Gasteiger partial charge in [-0.1, -0.05) is 74.0 Å². The molecule has 0 saturated carbocycles. The highest BCUT2D eigenvalue weighted by molar-refractivity contribution is 5.89. The van der Waals surface area contributed by atoms with Gasteiger partial charge < -0.3 is 14.2 Å². The minimum atomic E-state index is -0.668. The molecule has 0 aliphatic rings. The number of benzene rings is 4. The molecule has 0 saturated heterocycles. The van der Waals surface area contributed by atoms with Gasteiger partial charge in [0.25, 0.3) is 0 Å². The fourth-order valence-electron chi connectivity index (χ4n) is 4.44. The van der Waals surface area contributed by atoms with Gasteiger partial charge in [-0.2, -0.15) is 0 Å². The maximum Gasteiger partial charge on any atom is 0.338 e. The first-order valence-corrected chi connectivity index (χ1v) is 14.7. The second-order valence-electron chi connectivity index (χ2n) is 10.6. The maximum atomic E-state index is 13.4. The molecular weight excluding hydrogens is 595 g/mol. The van der Waals surface area contributed by atoms with Gasteiger partial charge in [-0.25, -0.2) is 14.4 Å².